The molecular formula is C13H19N5S. The normalized spacial score (nSPS) is 11.9. The predicted octanol–water partition coefficient (Wildman–Crippen LogP) is 2.56. The number of nitrogens with one attached hydrogen (secondary N) is 1. The molecule has 19 heavy (non-hydrogen) atoms. The highest BCUT2D eigenvalue weighted by Gasteiger charge is 2.20. The minimum atomic E-state index is -0.215. The number of amidine groups is 1. The van der Waals surface area contributed by atoms with Gasteiger partial charge in [-0.25, -0.2) is 0 Å². The van der Waals surface area contributed by atoms with Crippen LogP contribution in [0, 0.1) is 10.8 Å². The predicted molar refractivity (Wildman–Crippen MR) is 78.6 cm³/mol. The summed E-state index contributed by atoms with van der Waals surface area (Å²) in [6, 6.07) is 5.86. The second-order valence-electron chi connectivity index (χ2n) is 5.16. The molecule has 102 valence electrons. The van der Waals surface area contributed by atoms with Gasteiger partial charge >= 0.3 is 0 Å². The molecule has 2 aromatic heterocycles. The zero-order valence-corrected chi connectivity index (χ0v) is 12.1. The largest absolute Gasteiger partial charge is 0.387 e. The molecule has 2 rings (SSSR count). The molecule has 0 unspecified atom stereocenters. The van der Waals surface area contributed by atoms with E-state index in [1.807, 2.05) is 42.6 Å². The summed E-state index contributed by atoms with van der Waals surface area (Å²) in [5, 5.41) is 16.7. The summed E-state index contributed by atoms with van der Waals surface area (Å²) in [4.78, 5) is 0. The number of thioether (sulfide) groups is 1. The Morgan fingerprint density at radius 1 is 1.42 bits per heavy atom. The first-order valence-electron chi connectivity index (χ1n) is 6.28. The van der Waals surface area contributed by atoms with Crippen molar-refractivity contribution in [2.24, 2.45) is 11.1 Å². The molecule has 0 spiro atoms. The molecule has 0 aliphatic rings. The highest BCUT2D eigenvalue weighted by atomic mass is 32.2. The van der Waals surface area contributed by atoms with Gasteiger partial charge in [-0.1, -0.05) is 31.7 Å². The van der Waals surface area contributed by atoms with Gasteiger partial charge in [0.25, 0.3) is 0 Å². The van der Waals surface area contributed by atoms with Crippen molar-refractivity contribution >= 4 is 23.2 Å². The van der Waals surface area contributed by atoms with E-state index in [9.17, 15) is 0 Å². The summed E-state index contributed by atoms with van der Waals surface area (Å²) < 4.78 is 1.99. The molecule has 0 aliphatic carbocycles. The van der Waals surface area contributed by atoms with Crippen molar-refractivity contribution in [3.63, 3.8) is 0 Å². The highest BCUT2D eigenvalue weighted by Crippen LogP contribution is 2.25. The number of nitrogens with two attached hydrogens (primary N) is 1. The highest BCUT2D eigenvalue weighted by molar-refractivity contribution is 7.99. The van der Waals surface area contributed by atoms with E-state index in [0.29, 0.717) is 0 Å². The van der Waals surface area contributed by atoms with Crippen molar-refractivity contribution in [2.45, 2.75) is 31.8 Å². The van der Waals surface area contributed by atoms with Crippen LogP contribution >= 0.6 is 11.8 Å². The van der Waals surface area contributed by atoms with Crippen LogP contribution in [0.15, 0.2) is 29.6 Å². The lowest BCUT2D eigenvalue weighted by molar-refractivity contribution is 0.464. The lowest BCUT2D eigenvalue weighted by atomic mass is 9.87. The molecule has 2 heterocycles. The Morgan fingerprint density at radius 2 is 2.21 bits per heavy atom. The third-order valence-electron chi connectivity index (χ3n) is 3.19. The second-order valence-corrected chi connectivity index (χ2v) is 6.22. The molecule has 0 saturated carbocycles. The zero-order chi connectivity index (χ0) is 13.9. The summed E-state index contributed by atoms with van der Waals surface area (Å²) in [6.07, 6.45) is 3.88. The SMILES string of the molecule is CC(C)(CCCSc1nnc2ccccn12)C(=N)N. The third kappa shape index (κ3) is 3.26. The Bertz CT molecular complexity index is 575. The van der Waals surface area contributed by atoms with Gasteiger partial charge in [-0.3, -0.25) is 9.81 Å². The van der Waals surface area contributed by atoms with Crippen LogP contribution in [0.4, 0.5) is 0 Å². The quantitative estimate of drug-likeness (QED) is 0.368. The number of hydrogen-bond donors (Lipinski definition) is 2. The standard InChI is InChI=1S/C13H19N5S/c1-13(2,11(14)15)7-5-9-19-12-17-16-10-6-3-4-8-18(10)12/h3-4,6,8H,5,7,9H2,1-2H3,(H3,14,15). The van der Waals surface area contributed by atoms with E-state index in [1.165, 1.54) is 0 Å². The van der Waals surface area contributed by atoms with E-state index in [1.54, 1.807) is 11.8 Å². The topological polar surface area (TPSA) is 80.1 Å². The molecule has 0 amide bonds. The van der Waals surface area contributed by atoms with Crippen LogP contribution in [0.3, 0.4) is 0 Å². The van der Waals surface area contributed by atoms with Gasteiger partial charge in [0.1, 0.15) is 0 Å². The molecule has 0 fully saturated rings. The fourth-order valence-corrected chi connectivity index (χ4v) is 2.59. The minimum Gasteiger partial charge on any atom is -0.387 e. The molecule has 0 atom stereocenters. The summed E-state index contributed by atoms with van der Waals surface area (Å²) >= 11 is 1.69. The van der Waals surface area contributed by atoms with Crippen LogP contribution in [-0.4, -0.2) is 26.2 Å². The monoisotopic (exact) mass is 277 g/mol. The number of nitrogens with zero attached hydrogens (tertiary/aromatic N) is 3. The van der Waals surface area contributed by atoms with Crippen LogP contribution in [-0.2, 0) is 0 Å². The van der Waals surface area contributed by atoms with Gasteiger partial charge in [-0.05, 0) is 25.0 Å². The number of fused-ring (bicyclic) bond motifs is 1. The number of rotatable bonds is 6. The molecule has 6 heteroatoms. The average Bonchev–Trinajstić information content (AvgIpc) is 2.78. The molecule has 2 aromatic rings. The van der Waals surface area contributed by atoms with Gasteiger partial charge in [0.2, 0.25) is 0 Å². The van der Waals surface area contributed by atoms with Gasteiger partial charge < -0.3 is 5.73 Å². The Balaban J connectivity index is 1.88. The molecule has 0 saturated heterocycles. The average molecular weight is 277 g/mol. The Hall–Kier alpha value is -1.56. The number of pyridine rings is 1. The van der Waals surface area contributed by atoms with Crippen molar-refractivity contribution < 1.29 is 0 Å². The Kier molecular flexibility index (Phi) is 4.09. The Morgan fingerprint density at radius 3 is 2.95 bits per heavy atom. The van der Waals surface area contributed by atoms with Crippen LogP contribution < -0.4 is 5.73 Å². The van der Waals surface area contributed by atoms with E-state index in [2.05, 4.69) is 10.2 Å². The fraction of sp³-hybridized carbons (Fsp3) is 0.462. The van der Waals surface area contributed by atoms with E-state index in [0.717, 1.165) is 29.4 Å². The number of hydrogen-bond acceptors (Lipinski definition) is 4. The van der Waals surface area contributed by atoms with Crippen LogP contribution in [0.5, 0.6) is 0 Å². The van der Waals surface area contributed by atoms with E-state index >= 15 is 0 Å². The van der Waals surface area contributed by atoms with Crippen molar-refractivity contribution in [1.29, 1.82) is 5.41 Å². The van der Waals surface area contributed by atoms with Gasteiger partial charge in [-0.15, -0.1) is 10.2 Å². The lowest BCUT2D eigenvalue weighted by Crippen LogP contribution is -2.30. The van der Waals surface area contributed by atoms with Gasteiger partial charge in [0.15, 0.2) is 10.8 Å². The van der Waals surface area contributed by atoms with Gasteiger partial charge in [-0.2, -0.15) is 0 Å². The van der Waals surface area contributed by atoms with E-state index in [-0.39, 0.29) is 11.3 Å². The zero-order valence-electron chi connectivity index (χ0n) is 11.3. The van der Waals surface area contributed by atoms with Crippen LogP contribution in [0.1, 0.15) is 26.7 Å². The molecule has 3 N–H and O–H groups in total. The number of aromatic nitrogens is 3. The van der Waals surface area contributed by atoms with Gasteiger partial charge in [0, 0.05) is 17.4 Å². The Labute approximate surface area is 117 Å². The third-order valence-corrected chi connectivity index (χ3v) is 4.22. The molecular weight excluding hydrogens is 258 g/mol. The fourth-order valence-electron chi connectivity index (χ4n) is 1.73. The lowest BCUT2D eigenvalue weighted by Gasteiger charge is -2.22. The minimum absolute atomic E-state index is 0.215. The van der Waals surface area contributed by atoms with Crippen LogP contribution in [0.25, 0.3) is 5.65 Å². The molecule has 0 aromatic carbocycles. The van der Waals surface area contributed by atoms with Crippen molar-refractivity contribution in [3.8, 4) is 0 Å². The first-order valence-corrected chi connectivity index (χ1v) is 7.26. The maximum atomic E-state index is 7.52. The summed E-state index contributed by atoms with van der Waals surface area (Å²) in [5.74, 6) is 1.21. The summed E-state index contributed by atoms with van der Waals surface area (Å²) in [7, 11) is 0. The van der Waals surface area contributed by atoms with Crippen LogP contribution in [0.2, 0.25) is 0 Å². The van der Waals surface area contributed by atoms with E-state index in [4.69, 9.17) is 11.1 Å². The van der Waals surface area contributed by atoms with Crippen molar-refractivity contribution in [3.05, 3.63) is 24.4 Å². The van der Waals surface area contributed by atoms with E-state index < -0.39 is 0 Å². The smallest absolute Gasteiger partial charge is 0.195 e. The van der Waals surface area contributed by atoms with Crippen molar-refractivity contribution in [1.82, 2.24) is 14.6 Å². The van der Waals surface area contributed by atoms with Gasteiger partial charge in [0.05, 0.1) is 5.84 Å². The molecule has 0 bridgehead atoms. The first kappa shape index (κ1) is 13.9. The molecule has 0 radical (unpaired) electrons. The van der Waals surface area contributed by atoms with Crippen molar-refractivity contribution in [2.75, 3.05) is 5.75 Å². The first-order chi connectivity index (χ1) is 9.00. The summed E-state index contributed by atoms with van der Waals surface area (Å²) in [6.45, 7) is 4.01. The molecule has 5 nitrogen and oxygen atoms in total. The maximum Gasteiger partial charge on any atom is 0.195 e. The molecule has 0 aliphatic heterocycles. The second kappa shape index (κ2) is 5.61. The maximum absolute atomic E-state index is 7.52. The summed E-state index contributed by atoms with van der Waals surface area (Å²) in [5.41, 5.74) is 6.23.